The number of fused-ring (bicyclic) bond motifs is 1. The minimum Gasteiger partial charge on any atom is -0.349 e. The molecule has 0 unspecified atom stereocenters. The van der Waals surface area contributed by atoms with Crippen LogP contribution >= 0.6 is 0 Å². The fourth-order valence-electron chi connectivity index (χ4n) is 3.44. The summed E-state index contributed by atoms with van der Waals surface area (Å²) in [6.07, 6.45) is 4.49. The number of aromatic nitrogens is 2. The molecule has 1 aromatic carbocycles. The number of carbonyl (C=O) groups is 1. The monoisotopic (exact) mass is 314 g/mol. The molecule has 124 valence electrons. The molecule has 2 aromatic rings. The lowest BCUT2D eigenvalue weighted by molar-refractivity contribution is -0.126. The lowest BCUT2D eigenvalue weighted by Gasteiger charge is -2.24. The summed E-state index contributed by atoms with van der Waals surface area (Å²) in [5, 5.41) is 8.88. The first kappa shape index (κ1) is 16.0. The number of amides is 1. The molecule has 1 atom stereocenters. The lowest BCUT2D eigenvalue weighted by atomic mass is 10.1. The Kier molecular flexibility index (Phi) is 4.96. The molecule has 5 heteroatoms. The van der Waals surface area contributed by atoms with Crippen LogP contribution in [0.15, 0.2) is 24.3 Å². The Hall–Kier alpha value is -1.88. The maximum atomic E-state index is 12.6. The highest BCUT2D eigenvalue weighted by atomic mass is 16.2. The standard InChI is InChI=1S/C18H26N4O/c1-3-22-16-10-7-6-9-14(16)15(20-22)13-19-18(23)17-11-5-4-8-12-21(17)2/h6-7,9-10,17H,3-5,8,11-13H2,1-2H3,(H,19,23)/t17-/m1/s1. The van der Waals surface area contributed by atoms with Gasteiger partial charge in [-0.1, -0.05) is 31.0 Å². The largest absolute Gasteiger partial charge is 0.349 e. The summed E-state index contributed by atoms with van der Waals surface area (Å²) in [7, 11) is 2.05. The number of aryl methyl sites for hydroxylation is 1. The van der Waals surface area contributed by atoms with Gasteiger partial charge in [-0.2, -0.15) is 5.10 Å². The number of likely N-dealkylation sites (N-methyl/N-ethyl adjacent to an activating group) is 1. The van der Waals surface area contributed by atoms with Crippen LogP contribution in [0.25, 0.3) is 10.9 Å². The van der Waals surface area contributed by atoms with E-state index in [9.17, 15) is 4.79 Å². The van der Waals surface area contributed by atoms with Gasteiger partial charge in [0.1, 0.15) is 0 Å². The van der Waals surface area contributed by atoms with E-state index in [2.05, 4.69) is 41.4 Å². The van der Waals surface area contributed by atoms with Gasteiger partial charge in [0.25, 0.3) is 0 Å². The van der Waals surface area contributed by atoms with Crippen molar-refractivity contribution in [2.24, 2.45) is 0 Å². The summed E-state index contributed by atoms with van der Waals surface area (Å²) in [5.74, 6) is 0.129. The predicted octanol–water partition coefficient (Wildman–Crippen LogP) is 2.55. The molecule has 1 aliphatic heterocycles. The average Bonchev–Trinajstić information content (AvgIpc) is 2.79. The number of nitrogens with zero attached hydrogens (tertiary/aromatic N) is 3. The first-order valence-electron chi connectivity index (χ1n) is 8.63. The molecular formula is C18H26N4O. The fraction of sp³-hybridized carbons (Fsp3) is 0.556. The van der Waals surface area contributed by atoms with Crippen LogP contribution in [0.5, 0.6) is 0 Å². The topological polar surface area (TPSA) is 50.2 Å². The summed E-state index contributed by atoms with van der Waals surface area (Å²) < 4.78 is 1.99. The second kappa shape index (κ2) is 7.13. The molecule has 0 spiro atoms. The van der Waals surface area contributed by atoms with Crippen LogP contribution in [0.1, 0.15) is 38.3 Å². The van der Waals surface area contributed by atoms with E-state index in [0.717, 1.165) is 42.5 Å². The Morgan fingerprint density at radius 3 is 2.96 bits per heavy atom. The Labute approximate surface area is 137 Å². The summed E-state index contributed by atoms with van der Waals surface area (Å²) in [6, 6.07) is 8.20. The lowest BCUT2D eigenvalue weighted by Crippen LogP contribution is -2.44. The van der Waals surface area contributed by atoms with Crippen LogP contribution in [-0.2, 0) is 17.9 Å². The predicted molar refractivity (Wildman–Crippen MR) is 92.1 cm³/mol. The van der Waals surface area contributed by atoms with E-state index in [1.165, 1.54) is 12.8 Å². The molecule has 1 saturated heterocycles. The van der Waals surface area contributed by atoms with Gasteiger partial charge in [-0.15, -0.1) is 0 Å². The highest BCUT2D eigenvalue weighted by molar-refractivity contribution is 5.84. The van der Waals surface area contributed by atoms with Crippen molar-refractivity contribution in [3.05, 3.63) is 30.0 Å². The Bertz CT molecular complexity index is 679. The third-order valence-electron chi connectivity index (χ3n) is 4.79. The smallest absolute Gasteiger partial charge is 0.237 e. The Morgan fingerprint density at radius 1 is 1.30 bits per heavy atom. The van der Waals surface area contributed by atoms with E-state index >= 15 is 0 Å². The average molecular weight is 314 g/mol. The van der Waals surface area contributed by atoms with Crippen LogP contribution in [0.4, 0.5) is 0 Å². The molecule has 2 heterocycles. The van der Waals surface area contributed by atoms with Crippen molar-refractivity contribution >= 4 is 16.8 Å². The van der Waals surface area contributed by atoms with Gasteiger partial charge in [0.15, 0.2) is 0 Å². The van der Waals surface area contributed by atoms with E-state index in [1.807, 2.05) is 16.8 Å². The third kappa shape index (κ3) is 3.39. The number of carbonyl (C=O) groups excluding carboxylic acids is 1. The van der Waals surface area contributed by atoms with Gasteiger partial charge in [-0.25, -0.2) is 0 Å². The zero-order valence-electron chi connectivity index (χ0n) is 14.1. The van der Waals surface area contributed by atoms with Crippen molar-refractivity contribution in [1.82, 2.24) is 20.0 Å². The zero-order chi connectivity index (χ0) is 16.2. The number of para-hydroxylation sites is 1. The summed E-state index contributed by atoms with van der Waals surface area (Å²) in [4.78, 5) is 14.7. The van der Waals surface area contributed by atoms with Crippen LogP contribution in [0.2, 0.25) is 0 Å². The van der Waals surface area contributed by atoms with Crippen LogP contribution < -0.4 is 5.32 Å². The van der Waals surface area contributed by atoms with Crippen LogP contribution in [0.3, 0.4) is 0 Å². The van der Waals surface area contributed by atoms with E-state index in [4.69, 9.17) is 0 Å². The van der Waals surface area contributed by atoms with Gasteiger partial charge in [0.2, 0.25) is 5.91 Å². The minimum absolute atomic E-state index is 0.00275. The van der Waals surface area contributed by atoms with Gasteiger partial charge in [0, 0.05) is 11.9 Å². The molecule has 0 bridgehead atoms. The zero-order valence-corrected chi connectivity index (χ0v) is 14.1. The van der Waals surface area contributed by atoms with E-state index in [-0.39, 0.29) is 11.9 Å². The fourth-order valence-corrected chi connectivity index (χ4v) is 3.44. The second-order valence-electron chi connectivity index (χ2n) is 6.34. The maximum absolute atomic E-state index is 12.6. The highest BCUT2D eigenvalue weighted by Crippen LogP contribution is 2.19. The van der Waals surface area contributed by atoms with E-state index in [0.29, 0.717) is 6.54 Å². The molecular weight excluding hydrogens is 288 g/mol. The van der Waals surface area contributed by atoms with Crippen LogP contribution in [-0.4, -0.2) is 40.2 Å². The minimum atomic E-state index is -0.00275. The number of benzene rings is 1. The molecule has 0 saturated carbocycles. The normalized spacial score (nSPS) is 19.7. The molecule has 23 heavy (non-hydrogen) atoms. The molecule has 1 amide bonds. The van der Waals surface area contributed by atoms with E-state index in [1.54, 1.807) is 0 Å². The quantitative estimate of drug-likeness (QED) is 0.943. The third-order valence-corrected chi connectivity index (χ3v) is 4.79. The van der Waals surface area contributed by atoms with Gasteiger partial charge >= 0.3 is 0 Å². The molecule has 0 aliphatic carbocycles. The number of nitrogens with one attached hydrogen (secondary N) is 1. The van der Waals surface area contributed by atoms with Gasteiger partial charge in [0.05, 0.1) is 23.8 Å². The first-order chi connectivity index (χ1) is 11.2. The van der Waals surface area contributed by atoms with Crippen LogP contribution in [0, 0.1) is 0 Å². The molecule has 5 nitrogen and oxygen atoms in total. The number of hydrogen-bond acceptors (Lipinski definition) is 3. The summed E-state index contributed by atoms with van der Waals surface area (Å²) in [5.41, 5.74) is 2.08. The summed E-state index contributed by atoms with van der Waals surface area (Å²) >= 11 is 0. The molecule has 1 aliphatic rings. The molecule has 1 N–H and O–H groups in total. The molecule has 3 rings (SSSR count). The van der Waals surface area contributed by atoms with Crippen molar-refractivity contribution < 1.29 is 4.79 Å². The van der Waals surface area contributed by atoms with Crippen molar-refractivity contribution in [3.8, 4) is 0 Å². The molecule has 0 radical (unpaired) electrons. The second-order valence-corrected chi connectivity index (χ2v) is 6.34. The Balaban J connectivity index is 1.71. The molecule has 1 aromatic heterocycles. The van der Waals surface area contributed by atoms with Gasteiger partial charge < -0.3 is 5.32 Å². The molecule has 1 fully saturated rings. The maximum Gasteiger partial charge on any atom is 0.237 e. The number of rotatable bonds is 4. The van der Waals surface area contributed by atoms with Crippen molar-refractivity contribution in [1.29, 1.82) is 0 Å². The van der Waals surface area contributed by atoms with Gasteiger partial charge in [-0.05, 0) is 39.4 Å². The van der Waals surface area contributed by atoms with Crippen molar-refractivity contribution in [2.75, 3.05) is 13.6 Å². The number of likely N-dealkylation sites (tertiary alicyclic amines) is 1. The Morgan fingerprint density at radius 2 is 2.13 bits per heavy atom. The highest BCUT2D eigenvalue weighted by Gasteiger charge is 2.24. The summed E-state index contributed by atoms with van der Waals surface area (Å²) in [6.45, 7) is 4.42. The van der Waals surface area contributed by atoms with Crippen molar-refractivity contribution in [2.45, 2.75) is 51.7 Å². The van der Waals surface area contributed by atoms with Gasteiger partial charge in [-0.3, -0.25) is 14.4 Å². The number of hydrogen-bond donors (Lipinski definition) is 1. The first-order valence-corrected chi connectivity index (χ1v) is 8.63. The van der Waals surface area contributed by atoms with Crippen molar-refractivity contribution in [3.63, 3.8) is 0 Å². The van der Waals surface area contributed by atoms with E-state index < -0.39 is 0 Å². The SMILES string of the molecule is CCn1nc(CNC(=O)[C@H]2CCCCCN2C)c2ccccc21.